The molecule has 0 aliphatic heterocycles. The molecular formula is C8H12N2O2S2. The maximum absolute atomic E-state index is 11.0. The number of ether oxygens (including phenoxy) is 1. The largest absolute Gasteiger partial charge is 0.465 e. The van der Waals surface area contributed by atoms with Gasteiger partial charge in [0, 0.05) is 0 Å². The van der Waals surface area contributed by atoms with E-state index in [4.69, 9.17) is 10.5 Å². The van der Waals surface area contributed by atoms with E-state index >= 15 is 0 Å². The highest BCUT2D eigenvalue weighted by molar-refractivity contribution is 8.01. The van der Waals surface area contributed by atoms with Crippen molar-refractivity contribution in [3.63, 3.8) is 0 Å². The Hall–Kier alpha value is -0.750. The van der Waals surface area contributed by atoms with Gasteiger partial charge >= 0.3 is 5.97 Å². The number of hydrogen-bond acceptors (Lipinski definition) is 6. The Labute approximate surface area is 90.9 Å². The molecule has 0 saturated carbocycles. The number of nitrogen functional groups attached to an aromatic ring is 1. The van der Waals surface area contributed by atoms with Gasteiger partial charge in [0.2, 0.25) is 0 Å². The lowest BCUT2D eigenvalue weighted by Crippen LogP contribution is -2.06. The number of carbonyl (C=O) groups excluding carboxylic acids is 1. The number of aromatic nitrogens is 1. The zero-order valence-corrected chi connectivity index (χ0v) is 9.70. The van der Waals surface area contributed by atoms with Crippen LogP contribution in [-0.4, -0.2) is 23.3 Å². The van der Waals surface area contributed by atoms with Crippen LogP contribution in [0, 0.1) is 6.92 Å². The quantitative estimate of drug-likeness (QED) is 0.632. The van der Waals surface area contributed by atoms with Crippen molar-refractivity contribution < 1.29 is 9.53 Å². The molecule has 0 saturated heterocycles. The van der Waals surface area contributed by atoms with Gasteiger partial charge in [-0.15, -0.1) is 11.8 Å². The van der Waals surface area contributed by atoms with Crippen LogP contribution in [0.25, 0.3) is 0 Å². The van der Waals surface area contributed by atoms with E-state index in [1.165, 1.54) is 23.1 Å². The molecular weight excluding hydrogens is 220 g/mol. The third kappa shape index (κ3) is 3.19. The van der Waals surface area contributed by atoms with Crippen LogP contribution in [0.3, 0.4) is 0 Å². The molecule has 14 heavy (non-hydrogen) atoms. The molecule has 0 radical (unpaired) electrons. The Morgan fingerprint density at radius 1 is 1.71 bits per heavy atom. The summed E-state index contributed by atoms with van der Waals surface area (Å²) in [4.78, 5) is 15.1. The second kappa shape index (κ2) is 5.21. The van der Waals surface area contributed by atoms with Crippen molar-refractivity contribution in [2.45, 2.75) is 18.1 Å². The number of carbonyl (C=O) groups is 1. The summed E-state index contributed by atoms with van der Waals surface area (Å²) in [5.74, 6) is 0.111. The van der Waals surface area contributed by atoms with E-state index in [-0.39, 0.29) is 5.97 Å². The van der Waals surface area contributed by atoms with Crippen molar-refractivity contribution in [3.8, 4) is 0 Å². The van der Waals surface area contributed by atoms with E-state index in [0.29, 0.717) is 17.5 Å². The fraction of sp³-hybridized carbons (Fsp3) is 0.500. The van der Waals surface area contributed by atoms with Gasteiger partial charge in [0.25, 0.3) is 0 Å². The van der Waals surface area contributed by atoms with Crippen molar-refractivity contribution in [3.05, 3.63) is 5.69 Å². The summed E-state index contributed by atoms with van der Waals surface area (Å²) in [7, 11) is 0. The van der Waals surface area contributed by atoms with Crippen molar-refractivity contribution in [1.29, 1.82) is 0 Å². The van der Waals surface area contributed by atoms with Gasteiger partial charge in [-0.25, -0.2) is 4.98 Å². The second-order valence-electron chi connectivity index (χ2n) is 2.52. The van der Waals surface area contributed by atoms with Crippen molar-refractivity contribution in [2.24, 2.45) is 0 Å². The zero-order chi connectivity index (χ0) is 10.6. The topological polar surface area (TPSA) is 65.2 Å². The number of thiazole rings is 1. The van der Waals surface area contributed by atoms with Crippen LogP contribution < -0.4 is 5.73 Å². The van der Waals surface area contributed by atoms with E-state index in [9.17, 15) is 4.79 Å². The molecule has 1 aromatic heterocycles. The minimum atomic E-state index is -0.205. The molecule has 6 heteroatoms. The molecule has 0 amide bonds. The molecule has 0 aliphatic rings. The average molecular weight is 232 g/mol. The molecule has 0 aliphatic carbocycles. The first-order valence-electron chi connectivity index (χ1n) is 4.14. The number of nitrogens with two attached hydrogens (primary N) is 1. The standard InChI is InChI=1S/C8H12N2O2S2/c1-3-12-6(11)4-13-7-5(2)10-8(9)14-7/h3-4H2,1-2H3,(H2,9,10). The minimum Gasteiger partial charge on any atom is -0.465 e. The highest BCUT2D eigenvalue weighted by Gasteiger charge is 2.09. The summed E-state index contributed by atoms with van der Waals surface area (Å²) in [6.45, 7) is 4.09. The Kier molecular flexibility index (Phi) is 4.21. The van der Waals surface area contributed by atoms with E-state index in [1.54, 1.807) is 6.92 Å². The maximum Gasteiger partial charge on any atom is 0.316 e. The maximum atomic E-state index is 11.0. The van der Waals surface area contributed by atoms with Gasteiger partial charge in [-0.2, -0.15) is 0 Å². The van der Waals surface area contributed by atoms with Gasteiger partial charge in [-0.3, -0.25) is 4.79 Å². The Morgan fingerprint density at radius 2 is 2.43 bits per heavy atom. The zero-order valence-electron chi connectivity index (χ0n) is 8.07. The van der Waals surface area contributed by atoms with Gasteiger partial charge in [-0.05, 0) is 13.8 Å². The van der Waals surface area contributed by atoms with Crippen molar-refractivity contribution in [2.75, 3.05) is 18.1 Å². The third-order valence-electron chi connectivity index (χ3n) is 1.40. The number of rotatable bonds is 4. The van der Waals surface area contributed by atoms with Crippen molar-refractivity contribution in [1.82, 2.24) is 4.98 Å². The van der Waals surface area contributed by atoms with Crippen molar-refractivity contribution >= 4 is 34.2 Å². The second-order valence-corrected chi connectivity index (χ2v) is 4.79. The first kappa shape index (κ1) is 11.3. The molecule has 0 aromatic carbocycles. The molecule has 1 aromatic rings. The van der Waals surface area contributed by atoms with E-state index in [2.05, 4.69) is 4.98 Å². The predicted molar refractivity (Wildman–Crippen MR) is 58.6 cm³/mol. The first-order valence-corrected chi connectivity index (χ1v) is 5.95. The van der Waals surface area contributed by atoms with E-state index < -0.39 is 0 Å². The molecule has 4 nitrogen and oxygen atoms in total. The lowest BCUT2D eigenvalue weighted by molar-refractivity contribution is -0.139. The van der Waals surface area contributed by atoms with Crippen LogP contribution in [0.2, 0.25) is 0 Å². The molecule has 0 fully saturated rings. The highest BCUT2D eigenvalue weighted by atomic mass is 32.2. The van der Waals surface area contributed by atoms with Crippen LogP contribution in [-0.2, 0) is 9.53 Å². The number of hydrogen-bond donors (Lipinski definition) is 1. The fourth-order valence-electron chi connectivity index (χ4n) is 0.864. The van der Waals surface area contributed by atoms with E-state index in [1.807, 2.05) is 6.92 Å². The molecule has 0 bridgehead atoms. The average Bonchev–Trinajstić information content (AvgIpc) is 2.42. The van der Waals surface area contributed by atoms with Gasteiger partial charge in [-0.1, -0.05) is 11.3 Å². The lowest BCUT2D eigenvalue weighted by Gasteiger charge is -1.99. The Morgan fingerprint density at radius 3 is 2.93 bits per heavy atom. The number of aryl methyl sites for hydroxylation is 1. The summed E-state index contributed by atoms with van der Waals surface area (Å²) < 4.78 is 5.79. The van der Waals surface area contributed by atoms with Gasteiger partial charge < -0.3 is 10.5 Å². The van der Waals surface area contributed by atoms with E-state index in [0.717, 1.165) is 9.90 Å². The smallest absolute Gasteiger partial charge is 0.316 e. The predicted octanol–water partition coefficient (Wildman–Crippen LogP) is 1.69. The number of thioether (sulfide) groups is 1. The SMILES string of the molecule is CCOC(=O)CSc1sc(N)nc1C. The Bertz CT molecular complexity index is 325. The molecule has 0 spiro atoms. The number of anilines is 1. The normalized spacial score (nSPS) is 10.1. The highest BCUT2D eigenvalue weighted by Crippen LogP contribution is 2.30. The summed E-state index contributed by atoms with van der Waals surface area (Å²) in [5, 5.41) is 0.536. The molecule has 0 unspecified atom stereocenters. The molecule has 78 valence electrons. The summed E-state index contributed by atoms with van der Waals surface area (Å²) in [6, 6.07) is 0. The summed E-state index contributed by atoms with van der Waals surface area (Å²) in [6.07, 6.45) is 0. The summed E-state index contributed by atoms with van der Waals surface area (Å²) in [5.41, 5.74) is 6.40. The van der Waals surface area contributed by atoms with Crippen LogP contribution in [0.1, 0.15) is 12.6 Å². The van der Waals surface area contributed by atoms with Gasteiger partial charge in [0.1, 0.15) is 0 Å². The molecule has 1 rings (SSSR count). The monoisotopic (exact) mass is 232 g/mol. The third-order valence-corrected chi connectivity index (χ3v) is 3.72. The number of nitrogens with zero attached hydrogens (tertiary/aromatic N) is 1. The summed E-state index contributed by atoms with van der Waals surface area (Å²) >= 11 is 2.81. The molecule has 0 atom stereocenters. The number of esters is 1. The molecule has 2 N–H and O–H groups in total. The van der Waals surface area contributed by atoms with Crippen LogP contribution in [0.5, 0.6) is 0 Å². The molecule has 1 heterocycles. The minimum absolute atomic E-state index is 0.205. The Balaban J connectivity index is 2.45. The first-order chi connectivity index (χ1) is 6.63. The van der Waals surface area contributed by atoms with Crippen LogP contribution in [0.15, 0.2) is 4.21 Å². The van der Waals surface area contributed by atoms with Gasteiger partial charge in [0.15, 0.2) is 5.13 Å². The van der Waals surface area contributed by atoms with Crippen LogP contribution in [0.4, 0.5) is 5.13 Å². The lowest BCUT2D eigenvalue weighted by atomic mass is 10.6. The fourth-order valence-corrected chi connectivity index (χ4v) is 2.68. The van der Waals surface area contributed by atoms with Crippen LogP contribution >= 0.6 is 23.1 Å². The van der Waals surface area contributed by atoms with Gasteiger partial charge in [0.05, 0.1) is 22.3 Å².